The summed E-state index contributed by atoms with van der Waals surface area (Å²) >= 11 is 0. The van der Waals surface area contributed by atoms with Crippen molar-refractivity contribution in [3.05, 3.63) is 49.6 Å². The smallest absolute Gasteiger partial charge is 0.312 e. The molecule has 0 aliphatic carbocycles. The maximum atomic E-state index is 14.5. The molecule has 3 saturated heterocycles. The second-order valence-corrected chi connectivity index (χ2v) is 11.5. The molecule has 6 atom stereocenters. The number of ether oxygens (including phenoxy) is 2. The number of allylic oxidation sites excluding steroid dienone is 1. The lowest BCUT2D eigenvalue weighted by molar-refractivity contribution is -0.162. The minimum atomic E-state index is -1.20. The third kappa shape index (κ3) is 4.64. The van der Waals surface area contributed by atoms with Gasteiger partial charge in [-0.15, -0.1) is 18.3 Å². The van der Waals surface area contributed by atoms with Crippen LogP contribution < -0.4 is 0 Å². The molecule has 1 aromatic carbocycles. The van der Waals surface area contributed by atoms with E-state index in [1.54, 1.807) is 21.7 Å². The van der Waals surface area contributed by atoms with E-state index >= 15 is 0 Å². The lowest BCUT2D eigenvalue weighted by Gasteiger charge is -2.37. The number of benzene rings is 1. The fourth-order valence-electron chi connectivity index (χ4n) is 7.08. The van der Waals surface area contributed by atoms with E-state index in [0.29, 0.717) is 24.8 Å². The molecule has 5 rings (SSSR count). The number of fused-ring (bicyclic) bond motifs is 2. The summed E-state index contributed by atoms with van der Waals surface area (Å²) in [4.78, 5) is 45.3. The number of hydrogen-bond acceptors (Lipinski definition) is 8. The van der Waals surface area contributed by atoms with Crippen molar-refractivity contribution >= 4 is 28.8 Å². The van der Waals surface area contributed by atoms with Crippen LogP contribution in [-0.2, 0) is 30.5 Å². The minimum absolute atomic E-state index is 0.0895. The Morgan fingerprint density at radius 1 is 1.27 bits per heavy atom. The Balaban J connectivity index is 1.51. The number of para-hydroxylation sites is 1. The molecule has 4 heterocycles. The van der Waals surface area contributed by atoms with Crippen LogP contribution in [0.3, 0.4) is 0 Å². The molecule has 0 radical (unpaired) electrons. The molecule has 11 heteroatoms. The van der Waals surface area contributed by atoms with Gasteiger partial charge in [0.1, 0.15) is 29.7 Å². The maximum absolute atomic E-state index is 14.5. The van der Waals surface area contributed by atoms with Crippen LogP contribution in [0.25, 0.3) is 11.0 Å². The molecule has 1 N–H and O–H groups in total. The van der Waals surface area contributed by atoms with Gasteiger partial charge in [-0.05, 0) is 50.7 Å². The van der Waals surface area contributed by atoms with Crippen LogP contribution in [0, 0.1) is 17.8 Å². The van der Waals surface area contributed by atoms with Crippen molar-refractivity contribution in [2.24, 2.45) is 17.8 Å². The SMILES string of the molecule is C=CCCCOC(=O)[C@@H]1[C@H]2C(=O)N(CCCO)C(C(=O)N(CC=C)Cn3nnc4ccccc43)C23CC(C)[C@@]1(C)O3. The van der Waals surface area contributed by atoms with Gasteiger partial charge in [-0.2, -0.15) is 0 Å². The molecule has 3 fully saturated rings. The molecule has 2 aromatic rings. The maximum Gasteiger partial charge on any atom is 0.312 e. The minimum Gasteiger partial charge on any atom is -0.465 e. The summed E-state index contributed by atoms with van der Waals surface area (Å²) in [6, 6.07) is 6.49. The summed E-state index contributed by atoms with van der Waals surface area (Å²) in [5, 5.41) is 18.1. The van der Waals surface area contributed by atoms with Gasteiger partial charge in [0.2, 0.25) is 11.8 Å². The topological polar surface area (TPSA) is 127 Å². The van der Waals surface area contributed by atoms with Crippen molar-refractivity contribution in [3.63, 3.8) is 0 Å². The first-order chi connectivity index (χ1) is 19.7. The Morgan fingerprint density at radius 3 is 2.78 bits per heavy atom. The van der Waals surface area contributed by atoms with Gasteiger partial charge in [-0.25, -0.2) is 4.68 Å². The molecular formula is C30H39N5O6. The lowest BCUT2D eigenvalue weighted by atomic mass is 9.62. The largest absolute Gasteiger partial charge is 0.465 e. The summed E-state index contributed by atoms with van der Waals surface area (Å²) in [7, 11) is 0. The molecule has 2 amide bonds. The summed E-state index contributed by atoms with van der Waals surface area (Å²) in [6.45, 7) is 11.9. The Morgan fingerprint density at radius 2 is 2.05 bits per heavy atom. The first-order valence-electron chi connectivity index (χ1n) is 14.3. The third-order valence-electron chi connectivity index (χ3n) is 9.04. The van der Waals surface area contributed by atoms with Crippen LogP contribution in [0.5, 0.6) is 0 Å². The molecule has 3 unspecified atom stereocenters. The predicted octanol–water partition coefficient (Wildman–Crippen LogP) is 2.31. The zero-order valence-electron chi connectivity index (χ0n) is 23.8. The van der Waals surface area contributed by atoms with Gasteiger partial charge in [0.25, 0.3) is 0 Å². The van der Waals surface area contributed by atoms with Crippen LogP contribution in [0.2, 0.25) is 0 Å². The van der Waals surface area contributed by atoms with E-state index in [-0.39, 0.29) is 57.1 Å². The van der Waals surface area contributed by atoms with E-state index in [1.807, 2.05) is 38.1 Å². The molecule has 0 saturated carbocycles. The van der Waals surface area contributed by atoms with Gasteiger partial charge in [0.15, 0.2) is 0 Å². The van der Waals surface area contributed by atoms with E-state index in [2.05, 4.69) is 23.5 Å². The monoisotopic (exact) mass is 565 g/mol. The van der Waals surface area contributed by atoms with Gasteiger partial charge in [0.05, 0.1) is 23.6 Å². The summed E-state index contributed by atoms with van der Waals surface area (Å²) < 4.78 is 14.0. The Hall–Kier alpha value is -3.57. The second-order valence-electron chi connectivity index (χ2n) is 11.5. The Labute approximate surface area is 239 Å². The van der Waals surface area contributed by atoms with Gasteiger partial charge in [-0.3, -0.25) is 14.4 Å². The third-order valence-corrected chi connectivity index (χ3v) is 9.04. The van der Waals surface area contributed by atoms with Crippen molar-refractivity contribution < 1.29 is 29.0 Å². The lowest BCUT2D eigenvalue weighted by Crippen LogP contribution is -2.57. The number of likely N-dealkylation sites (tertiary alicyclic amines) is 1. The number of nitrogens with zero attached hydrogens (tertiary/aromatic N) is 5. The fourth-order valence-corrected chi connectivity index (χ4v) is 7.08. The molecule has 2 bridgehead atoms. The predicted molar refractivity (Wildman–Crippen MR) is 150 cm³/mol. The number of unbranched alkanes of at least 4 members (excludes halogenated alkanes) is 1. The highest BCUT2D eigenvalue weighted by Gasteiger charge is 2.80. The van der Waals surface area contributed by atoms with E-state index in [1.165, 1.54) is 4.90 Å². The van der Waals surface area contributed by atoms with Crippen LogP contribution in [0.4, 0.5) is 0 Å². The molecule has 1 spiro atoms. The highest BCUT2D eigenvalue weighted by molar-refractivity contribution is 5.98. The van der Waals surface area contributed by atoms with Crippen molar-refractivity contribution in [1.29, 1.82) is 0 Å². The molecule has 3 aliphatic rings. The van der Waals surface area contributed by atoms with Crippen molar-refractivity contribution in [2.45, 2.75) is 63.4 Å². The summed E-state index contributed by atoms with van der Waals surface area (Å²) in [5.41, 5.74) is -0.690. The Kier molecular flexibility index (Phi) is 8.02. The first-order valence-corrected chi connectivity index (χ1v) is 14.3. The van der Waals surface area contributed by atoms with E-state index in [4.69, 9.17) is 9.47 Å². The molecule has 11 nitrogen and oxygen atoms in total. The fraction of sp³-hybridized carbons (Fsp3) is 0.567. The second kappa shape index (κ2) is 11.4. The summed E-state index contributed by atoms with van der Waals surface area (Å²) in [5.74, 6) is -2.92. The highest BCUT2D eigenvalue weighted by atomic mass is 16.6. The zero-order valence-corrected chi connectivity index (χ0v) is 23.8. The number of rotatable bonds is 13. The quantitative estimate of drug-likeness (QED) is 0.223. The standard InChI is InChI=1S/C30H39N5O6/c1-5-7-10-17-40-28(39)24-23-26(37)34(15-11-16-36)25(30(23)18-20(3)29(24,4)41-30)27(38)33(14-6-2)19-35-22-13-9-8-12-21(22)31-32-35/h5-6,8-9,12-13,20,23-25,36H,1-2,7,10-11,14-19H2,3-4H3/t20?,23-,24-,25?,29+,30?/m0/s1. The zero-order chi connectivity index (χ0) is 29.4. The van der Waals surface area contributed by atoms with Gasteiger partial charge < -0.3 is 24.4 Å². The molecule has 3 aliphatic heterocycles. The number of aliphatic hydroxyl groups is 1. The van der Waals surface area contributed by atoms with E-state index in [0.717, 1.165) is 5.52 Å². The molecule has 41 heavy (non-hydrogen) atoms. The number of aliphatic hydroxyl groups excluding tert-OH is 1. The number of carbonyl (C=O) groups is 3. The molecule has 220 valence electrons. The Bertz CT molecular complexity index is 1340. The average Bonchev–Trinajstić information content (AvgIpc) is 3.63. The van der Waals surface area contributed by atoms with Crippen molar-refractivity contribution in [1.82, 2.24) is 24.8 Å². The van der Waals surface area contributed by atoms with Gasteiger partial charge in [0, 0.05) is 19.7 Å². The van der Waals surface area contributed by atoms with Crippen LogP contribution in [-0.4, -0.2) is 91.2 Å². The van der Waals surface area contributed by atoms with E-state index < -0.39 is 35.0 Å². The molecular weight excluding hydrogens is 526 g/mol. The average molecular weight is 566 g/mol. The number of hydrogen-bond donors (Lipinski definition) is 1. The number of amides is 2. The normalized spacial score (nSPS) is 30.0. The van der Waals surface area contributed by atoms with Gasteiger partial charge in [-0.1, -0.05) is 36.4 Å². The number of carbonyl (C=O) groups excluding carboxylic acids is 3. The first kappa shape index (κ1) is 28.9. The van der Waals surface area contributed by atoms with E-state index in [9.17, 15) is 19.5 Å². The number of aromatic nitrogens is 3. The highest BCUT2D eigenvalue weighted by Crippen LogP contribution is 2.65. The van der Waals surface area contributed by atoms with Gasteiger partial charge >= 0.3 is 5.97 Å². The van der Waals surface area contributed by atoms with Crippen molar-refractivity contribution in [3.8, 4) is 0 Å². The van der Waals surface area contributed by atoms with Crippen LogP contribution in [0.1, 0.15) is 39.5 Å². The molecule has 1 aromatic heterocycles. The van der Waals surface area contributed by atoms with Crippen molar-refractivity contribution in [2.75, 3.05) is 26.3 Å². The summed E-state index contributed by atoms with van der Waals surface area (Å²) in [6.07, 6.45) is 5.47. The number of esters is 1. The van der Waals surface area contributed by atoms with Crippen LogP contribution in [0.15, 0.2) is 49.6 Å². The van der Waals surface area contributed by atoms with Crippen LogP contribution >= 0.6 is 0 Å².